The Balaban J connectivity index is 1.29. The summed E-state index contributed by atoms with van der Waals surface area (Å²) in [7, 11) is 0. The molecule has 5 N–H and O–H groups in total. The minimum atomic E-state index is -0.798. The van der Waals surface area contributed by atoms with Gasteiger partial charge in [-0.25, -0.2) is 14.4 Å². The molecule has 0 saturated carbocycles. The fourth-order valence-corrected chi connectivity index (χ4v) is 6.46. The number of amides is 4. The Morgan fingerprint density at radius 2 is 1.37 bits per heavy atom. The van der Waals surface area contributed by atoms with Crippen molar-refractivity contribution in [3.05, 3.63) is 95.1 Å². The van der Waals surface area contributed by atoms with Gasteiger partial charge in [0, 0.05) is 31.3 Å². The molecule has 52 heavy (non-hydrogen) atoms. The van der Waals surface area contributed by atoms with E-state index in [1.807, 2.05) is 38.1 Å². The number of primary amides is 1. The van der Waals surface area contributed by atoms with E-state index in [9.17, 15) is 24.0 Å². The Labute approximate surface area is 306 Å². The van der Waals surface area contributed by atoms with Crippen LogP contribution in [-0.4, -0.2) is 61.1 Å². The molecule has 4 rings (SSSR count). The van der Waals surface area contributed by atoms with E-state index in [1.165, 1.54) is 0 Å². The molecule has 11 nitrogen and oxygen atoms in total. The van der Waals surface area contributed by atoms with Crippen LogP contribution >= 0.6 is 0 Å². The number of ether oxygens (including phenoxy) is 2. The van der Waals surface area contributed by atoms with Crippen LogP contribution in [0.15, 0.2) is 72.8 Å². The molecular formula is C41H52N4O7. The van der Waals surface area contributed by atoms with Gasteiger partial charge in [-0.05, 0) is 92.3 Å². The van der Waals surface area contributed by atoms with Crippen LogP contribution in [-0.2, 0) is 25.5 Å². The Kier molecular flexibility index (Phi) is 14.0. The lowest BCUT2D eigenvalue weighted by Crippen LogP contribution is -2.46. The van der Waals surface area contributed by atoms with Crippen LogP contribution in [0.4, 0.5) is 9.59 Å². The topological polar surface area (TPSA) is 166 Å². The van der Waals surface area contributed by atoms with Gasteiger partial charge < -0.3 is 31.2 Å². The van der Waals surface area contributed by atoms with Gasteiger partial charge in [-0.2, -0.15) is 0 Å². The van der Waals surface area contributed by atoms with Gasteiger partial charge in [-0.1, -0.05) is 74.5 Å². The van der Waals surface area contributed by atoms with Crippen LogP contribution in [0.5, 0.6) is 0 Å². The highest BCUT2D eigenvalue weighted by molar-refractivity contribution is 5.92. The maximum atomic E-state index is 13.6. The summed E-state index contributed by atoms with van der Waals surface area (Å²) in [6.07, 6.45) is 1.28. The van der Waals surface area contributed by atoms with Crippen molar-refractivity contribution in [3.8, 4) is 11.1 Å². The number of nitrogens with one attached hydrogen (secondary N) is 3. The quantitative estimate of drug-likeness (QED) is 0.0945. The summed E-state index contributed by atoms with van der Waals surface area (Å²) < 4.78 is 11.1. The number of hydrogen-bond donors (Lipinski definition) is 4. The largest absolute Gasteiger partial charge is 0.456 e. The first-order valence-electron chi connectivity index (χ1n) is 18.0. The van der Waals surface area contributed by atoms with Gasteiger partial charge in [0.1, 0.15) is 12.2 Å². The third-order valence-corrected chi connectivity index (χ3v) is 9.09. The third kappa shape index (κ3) is 11.4. The minimum Gasteiger partial charge on any atom is -0.456 e. The Hall–Kier alpha value is -5.19. The molecule has 1 aliphatic carbocycles. The van der Waals surface area contributed by atoms with Crippen LogP contribution in [0, 0.1) is 11.8 Å². The molecule has 2 atom stereocenters. The van der Waals surface area contributed by atoms with Gasteiger partial charge in [-0.3, -0.25) is 9.59 Å². The van der Waals surface area contributed by atoms with E-state index in [1.54, 1.807) is 45.0 Å². The molecule has 0 saturated heterocycles. The second-order valence-corrected chi connectivity index (χ2v) is 14.6. The molecule has 4 amide bonds. The Morgan fingerprint density at radius 1 is 0.788 bits per heavy atom. The molecule has 278 valence electrons. The first-order chi connectivity index (χ1) is 24.7. The van der Waals surface area contributed by atoms with E-state index >= 15 is 0 Å². The second-order valence-electron chi connectivity index (χ2n) is 14.6. The minimum absolute atomic E-state index is 0.0258. The lowest BCUT2D eigenvalue weighted by Gasteiger charge is -2.24. The van der Waals surface area contributed by atoms with Crippen LogP contribution in [0.3, 0.4) is 0 Å². The molecule has 0 unspecified atom stereocenters. The molecule has 3 aromatic carbocycles. The first-order valence-corrected chi connectivity index (χ1v) is 18.0. The van der Waals surface area contributed by atoms with E-state index in [2.05, 4.69) is 40.2 Å². The number of carbonyl (C=O) groups is 5. The highest BCUT2D eigenvalue weighted by Crippen LogP contribution is 2.44. The zero-order valence-electron chi connectivity index (χ0n) is 30.8. The summed E-state index contributed by atoms with van der Waals surface area (Å²) in [4.78, 5) is 63.4. The van der Waals surface area contributed by atoms with Crippen LogP contribution < -0.4 is 21.7 Å². The van der Waals surface area contributed by atoms with Crippen LogP contribution in [0.2, 0.25) is 0 Å². The van der Waals surface area contributed by atoms with E-state index < -0.39 is 35.7 Å². The molecule has 0 heterocycles. The fraction of sp³-hybridized carbons (Fsp3) is 0.439. The summed E-state index contributed by atoms with van der Waals surface area (Å²) in [6, 6.07) is 21.5. The van der Waals surface area contributed by atoms with Crippen molar-refractivity contribution in [2.45, 2.75) is 84.3 Å². The smallest absolute Gasteiger partial charge is 0.407 e. The number of nitrogens with two attached hydrogens (primary N) is 1. The summed E-state index contributed by atoms with van der Waals surface area (Å²) >= 11 is 0. The molecule has 0 bridgehead atoms. The number of carbonyl (C=O) groups excluding carboxylic acids is 5. The van der Waals surface area contributed by atoms with Crippen molar-refractivity contribution in [3.63, 3.8) is 0 Å². The van der Waals surface area contributed by atoms with Crippen molar-refractivity contribution in [1.29, 1.82) is 0 Å². The number of ketones is 1. The highest BCUT2D eigenvalue weighted by Gasteiger charge is 2.30. The van der Waals surface area contributed by atoms with Crippen LogP contribution in [0.1, 0.15) is 93.3 Å². The van der Waals surface area contributed by atoms with Gasteiger partial charge in [0.2, 0.25) is 5.91 Å². The predicted octanol–water partition coefficient (Wildman–Crippen LogP) is 6.28. The Morgan fingerprint density at radius 3 is 1.94 bits per heavy atom. The number of Topliss-reactive ketones (excluding diaryl/α,β-unsaturated/α-hetero) is 1. The molecule has 0 radical (unpaired) electrons. The maximum absolute atomic E-state index is 13.6. The number of alkyl carbamates (subject to hydrolysis) is 1. The molecule has 3 aromatic rings. The zero-order valence-corrected chi connectivity index (χ0v) is 30.8. The van der Waals surface area contributed by atoms with E-state index in [0.717, 1.165) is 22.3 Å². The number of esters is 1. The summed E-state index contributed by atoms with van der Waals surface area (Å²) in [5.74, 6) is -1.37. The van der Waals surface area contributed by atoms with Crippen molar-refractivity contribution < 1.29 is 33.4 Å². The molecule has 11 heteroatoms. The van der Waals surface area contributed by atoms with Crippen molar-refractivity contribution in [1.82, 2.24) is 16.0 Å². The predicted molar refractivity (Wildman–Crippen MR) is 200 cm³/mol. The summed E-state index contributed by atoms with van der Waals surface area (Å²) in [5.41, 5.74) is 10.2. The molecule has 1 aliphatic rings. The number of benzene rings is 3. The SMILES string of the molecule is CC(C)[C@H](CCCNC(=O)OCC1c2ccccc2-c2ccccc21)C(=O)N[C@@H](CCCNC(N)=O)C(=O)Cc1ccc(C(=O)OC(C)(C)C)cc1. The fourth-order valence-electron chi connectivity index (χ4n) is 6.46. The standard InChI is InChI=1S/C41H52N4O7/c1-26(2)29(16-10-23-44-40(50)51-25-34-32-14-8-6-12-30(32)31-13-7-9-15-33(31)34)37(47)45-35(17-11-22-43-39(42)49)36(46)24-27-18-20-28(21-19-27)38(48)52-41(3,4)5/h6-9,12-15,18-21,26,29,34-35H,10-11,16-17,22-25H2,1-5H3,(H,44,50)(H,45,47)(H3,42,43,49)/t29-,35-/m0/s1. The first kappa shape index (κ1) is 39.6. The van der Waals surface area contributed by atoms with Crippen molar-refractivity contribution in [2.75, 3.05) is 19.7 Å². The summed E-state index contributed by atoms with van der Waals surface area (Å²) in [5, 5.41) is 8.30. The average molecular weight is 713 g/mol. The van der Waals surface area contributed by atoms with Crippen LogP contribution in [0.25, 0.3) is 11.1 Å². The van der Waals surface area contributed by atoms with Gasteiger partial charge in [0.15, 0.2) is 5.78 Å². The van der Waals surface area contributed by atoms with Crippen molar-refractivity contribution >= 4 is 29.8 Å². The lowest BCUT2D eigenvalue weighted by molar-refractivity contribution is -0.131. The molecule has 0 fully saturated rings. The van der Waals surface area contributed by atoms with Crippen molar-refractivity contribution in [2.24, 2.45) is 17.6 Å². The molecule has 0 aliphatic heterocycles. The molecular weight excluding hydrogens is 660 g/mol. The van der Waals surface area contributed by atoms with Gasteiger partial charge in [0.05, 0.1) is 11.6 Å². The van der Waals surface area contributed by atoms with E-state index in [4.69, 9.17) is 15.2 Å². The zero-order chi connectivity index (χ0) is 37.8. The normalized spacial score (nSPS) is 13.3. The van der Waals surface area contributed by atoms with E-state index in [0.29, 0.717) is 43.4 Å². The highest BCUT2D eigenvalue weighted by atomic mass is 16.6. The third-order valence-electron chi connectivity index (χ3n) is 9.09. The van der Waals surface area contributed by atoms with Gasteiger partial charge in [-0.15, -0.1) is 0 Å². The number of fused-ring (bicyclic) bond motifs is 3. The lowest BCUT2D eigenvalue weighted by atomic mass is 9.89. The monoisotopic (exact) mass is 712 g/mol. The van der Waals surface area contributed by atoms with Gasteiger partial charge in [0.25, 0.3) is 0 Å². The second kappa shape index (κ2) is 18.3. The number of rotatable bonds is 17. The van der Waals surface area contributed by atoms with E-state index in [-0.39, 0.29) is 43.1 Å². The maximum Gasteiger partial charge on any atom is 0.407 e. The number of urea groups is 1. The average Bonchev–Trinajstić information content (AvgIpc) is 3.41. The number of hydrogen-bond acceptors (Lipinski definition) is 7. The van der Waals surface area contributed by atoms with Gasteiger partial charge >= 0.3 is 18.1 Å². The molecule has 0 aromatic heterocycles. The summed E-state index contributed by atoms with van der Waals surface area (Å²) in [6.45, 7) is 10.1. The Bertz CT molecular complexity index is 1670. The molecule has 0 spiro atoms.